The van der Waals surface area contributed by atoms with E-state index < -0.39 is 17.8 Å². The third-order valence-corrected chi connectivity index (χ3v) is 5.56. The molecule has 172 valence electrons. The Kier molecular flexibility index (Phi) is 8.20. The second-order valence-electron chi connectivity index (χ2n) is 6.98. The van der Waals surface area contributed by atoms with E-state index in [2.05, 4.69) is 27.4 Å². The first-order valence-corrected chi connectivity index (χ1v) is 11.1. The summed E-state index contributed by atoms with van der Waals surface area (Å²) < 4.78 is 20.8. The first-order valence-electron chi connectivity index (χ1n) is 10.1. The van der Waals surface area contributed by atoms with Gasteiger partial charge >= 0.3 is 0 Å². The molecule has 0 aliphatic carbocycles. The third-order valence-electron chi connectivity index (χ3n) is 4.60. The highest BCUT2D eigenvalue weighted by Gasteiger charge is 2.21. The number of ether oxygens (including phenoxy) is 1. The maximum atomic E-state index is 13.9. The highest BCUT2D eigenvalue weighted by molar-refractivity contribution is 7.99. The van der Waals surface area contributed by atoms with Gasteiger partial charge in [-0.15, -0.1) is 16.8 Å². The van der Waals surface area contributed by atoms with E-state index in [1.807, 2.05) is 0 Å². The molecule has 3 rings (SSSR count). The molecule has 10 heteroatoms. The minimum absolute atomic E-state index is 0.0528. The minimum Gasteiger partial charge on any atom is -0.497 e. The van der Waals surface area contributed by atoms with E-state index in [4.69, 9.17) is 4.74 Å². The fourth-order valence-electron chi connectivity index (χ4n) is 3.04. The fraction of sp³-hybridized carbons (Fsp3) is 0.217. The number of nitrogens with one attached hydrogen (secondary N) is 2. The molecule has 0 aliphatic heterocycles. The Bertz CT molecular complexity index is 1150. The van der Waals surface area contributed by atoms with Gasteiger partial charge in [0.15, 0.2) is 11.0 Å². The van der Waals surface area contributed by atoms with Crippen LogP contribution in [0.15, 0.2) is 66.3 Å². The average molecular weight is 470 g/mol. The van der Waals surface area contributed by atoms with Crippen molar-refractivity contribution < 1.29 is 18.7 Å². The van der Waals surface area contributed by atoms with Crippen LogP contribution in [0.2, 0.25) is 0 Å². The fourth-order valence-corrected chi connectivity index (χ4v) is 3.79. The molecule has 3 aromatic rings. The van der Waals surface area contributed by atoms with Crippen molar-refractivity contribution in [2.45, 2.75) is 24.7 Å². The lowest BCUT2D eigenvalue weighted by atomic mass is 10.2. The van der Waals surface area contributed by atoms with Crippen LogP contribution in [-0.2, 0) is 11.3 Å². The number of methoxy groups -OCH3 is 1. The summed E-state index contributed by atoms with van der Waals surface area (Å²) in [5.74, 6) is -0.169. The lowest BCUT2D eigenvalue weighted by Gasteiger charge is -2.15. The van der Waals surface area contributed by atoms with Gasteiger partial charge in [-0.25, -0.2) is 4.39 Å². The number of halogens is 1. The van der Waals surface area contributed by atoms with Crippen molar-refractivity contribution in [2.75, 3.05) is 18.2 Å². The molecule has 0 bridgehead atoms. The summed E-state index contributed by atoms with van der Waals surface area (Å²) in [6.45, 7) is 5.86. The van der Waals surface area contributed by atoms with Gasteiger partial charge in [0.2, 0.25) is 5.91 Å². The largest absolute Gasteiger partial charge is 0.497 e. The van der Waals surface area contributed by atoms with Crippen molar-refractivity contribution in [1.29, 1.82) is 0 Å². The van der Waals surface area contributed by atoms with Crippen molar-refractivity contribution in [3.8, 4) is 5.75 Å². The molecule has 1 unspecified atom stereocenters. The first kappa shape index (κ1) is 24.0. The Labute approximate surface area is 195 Å². The van der Waals surface area contributed by atoms with Crippen molar-refractivity contribution in [2.24, 2.45) is 0 Å². The summed E-state index contributed by atoms with van der Waals surface area (Å²) in [6, 6.07) is 12.3. The lowest BCUT2D eigenvalue weighted by molar-refractivity contribution is -0.113. The van der Waals surface area contributed by atoms with E-state index in [-0.39, 0.29) is 17.2 Å². The summed E-state index contributed by atoms with van der Waals surface area (Å²) in [7, 11) is 1.56. The van der Waals surface area contributed by atoms with Gasteiger partial charge in [-0.1, -0.05) is 36.0 Å². The van der Waals surface area contributed by atoms with Gasteiger partial charge in [-0.3, -0.25) is 9.59 Å². The summed E-state index contributed by atoms with van der Waals surface area (Å²) in [5, 5.41) is 14.4. The highest BCUT2D eigenvalue weighted by atomic mass is 32.2. The van der Waals surface area contributed by atoms with Gasteiger partial charge in [0.25, 0.3) is 5.91 Å². The van der Waals surface area contributed by atoms with E-state index in [0.717, 1.165) is 0 Å². The first-order chi connectivity index (χ1) is 15.9. The number of nitrogens with zero attached hydrogens (tertiary/aromatic N) is 3. The molecule has 0 spiro atoms. The van der Waals surface area contributed by atoms with Crippen LogP contribution in [0.3, 0.4) is 0 Å². The zero-order chi connectivity index (χ0) is 23.8. The predicted molar refractivity (Wildman–Crippen MR) is 125 cm³/mol. The number of benzene rings is 2. The Morgan fingerprint density at radius 2 is 2.03 bits per heavy atom. The number of hydrogen-bond donors (Lipinski definition) is 2. The zero-order valence-corrected chi connectivity index (χ0v) is 19.1. The molecular weight excluding hydrogens is 445 g/mol. The van der Waals surface area contributed by atoms with Crippen molar-refractivity contribution in [1.82, 2.24) is 20.1 Å². The molecule has 1 heterocycles. The maximum Gasteiger partial charge on any atom is 0.254 e. The number of aromatic nitrogens is 3. The van der Waals surface area contributed by atoms with Crippen LogP contribution in [-0.4, -0.2) is 39.4 Å². The van der Waals surface area contributed by atoms with E-state index in [1.165, 1.54) is 30.0 Å². The molecule has 0 radical (unpaired) electrons. The molecule has 0 saturated heterocycles. The Hall–Kier alpha value is -3.66. The van der Waals surface area contributed by atoms with Crippen LogP contribution in [0.5, 0.6) is 5.75 Å². The highest BCUT2D eigenvalue weighted by Crippen LogP contribution is 2.22. The van der Waals surface area contributed by atoms with E-state index in [0.29, 0.717) is 29.0 Å². The van der Waals surface area contributed by atoms with Gasteiger partial charge in [0, 0.05) is 18.3 Å². The number of rotatable bonds is 10. The lowest BCUT2D eigenvalue weighted by Crippen LogP contribution is -2.29. The molecule has 2 amide bonds. The van der Waals surface area contributed by atoms with Crippen LogP contribution in [0.1, 0.15) is 29.1 Å². The van der Waals surface area contributed by atoms with Crippen LogP contribution in [0.4, 0.5) is 10.1 Å². The molecule has 1 aromatic heterocycles. The number of allylic oxidation sites excluding steroid dienone is 1. The number of hydrogen-bond acceptors (Lipinski definition) is 6. The second-order valence-corrected chi connectivity index (χ2v) is 7.93. The molecule has 33 heavy (non-hydrogen) atoms. The summed E-state index contributed by atoms with van der Waals surface area (Å²) in [6.07, 6.45) is 1.67. The maximum absolute atomic E-state index is 13.9. The van der Waals surface area contributed by atoms with Crippen LogP contribution in [0.25, 0.3) is 0 Å². The van der Waals surface area contributed by atoms with Crippen LogP contribution in [0, 0.1) is 5.82 Å². The minimum atomic E-state index is -0.604. The smallest absolute Gasteiger partial charge is 0.254 e. The van der Waals surface area contributed by atoms with Gasteiger partial charge < -0.3 is 19.9 Å². The Morgan fingerprint density at radius 3 is 2.76 bits per heavy atom. The van der Waals surface area contributed by atoms with Crippen molar-refractivity contribution in [3.05, 3.63) is 78.4 Å². The molecule has 8 nitrogen and oxygen atoms in total. The quantitative estimate of drug-likeness (QED) is 0.346. The summed E-state index contributed by atoms with van der Waals surface area (Å²) >= 11 is 1.21. The molecule has 1 atom stereocenters. The number of amides is 2. The number of carbonyl (C=O) groups excluding carboxylic acids is 2. The molecule has 2 aromatic carbocycles. The van der Waals surface area contributed by atoms with E-state index >= 15 is 0 Å². The van der Waals surface area contributed by atoms with Gasteiger partial charge in [-0.2, -0.15) is 0 Å². The molecule has 0 saturated carbocycles. The van der Waals surface area contributed by atoms with E-state index in [9.17, 15) is 14.0 Å². The third kappa shape index (κ3) is 6.19. The molecule has 0 fully saturated rings. The molecular formula is C23H24FN5O3S. The van der Waals surface area contributed by atoms with E-state index in [1.54, 1.807) is 55.0 Å². The van der Waals surface area contributed by atoms with Crippen LogP contribution >= 0.6 is 11.8 Å². The Balaban J connectivity index is 1.67. The SMILES string of the molecule is C=CCn1c(SCC(=O)Nc2cccc(OC)c2)nnc1C(C)NC(=O)c1ccccc1F. The summed E-state index contributed by atoms with van der Waals surface area (Å²) in [4.78, 5) is 24.9. The average Bonchev–Trinajstić information content (AvgIpc) is 3.21. The van der Waals surface area contributed by atoms with Gasteiger partial charge in [0.1, 0.15) is 11.6 Å². The zero-order valence-electron chi connectivity index (χ0n) is 18.2. The molecule has 2 N–H and O–H groups in total. The topological polar surface area (TPSA) is 98.1 Å². The Morgan fingerprint density at radius 1 is 1.24 bits per heavy atom. The number of thioether (sulfide) groups is 1. The monoisotopic (exact) mass is 469 g/mol. The number of carbonyl (C=O) groups is 2. The normalized spacial score (nSPS) is 11.5. The summed E-state index contributed by atoms with van der Waals surface area (Å²) in [5.41, 5.74) is 0.570. The predicted octanol–water partition coefficient (Wildman–Crippen LogP) is 3.83. The second kappa shape index (κ2) is 11.3. The van der Waals surface area contributed by atoms with Gasteiger partial charge in [-0.05, 0) is 31.2 Å². The van der Waals surface area contributed by atoms with Gasteiger partial charge in [0.05, 0.1) is 24.5 Å². The number of anilines is 1. The standard InChI is InChI=1S/C23H24FN5O3S/c1-4-12-29-21(15(2)25-22(31)18-10-5-6-11-19(18)24)27-28-23(29)33-14-20(30)26-16-8-7-9-17(13-16)32-3/h4-11,13,15H,1,12,14H2,2-3H3,(H,25,31)(H,26,30). The molecule has 0 aliphatic rings. The van der Waals surface area contributed by atoms with Crippen LogP contribution < -0.4 is 15.4 Å². The van der Waals surface area contributed by atoms with Crippen molar-refractivity contribution >= 4 is 29.3 Å². The van der Waals surface area contributed by atoms with Crippen molar-refractivity contribution in [3.63, 3.8) is 0 Å².